The molecule has 0 radical (unpaired) electrons. The van der Waals surface area contributed by atoms with Crippen LogP contribution in [-0.2, 0) is 11.3 Å². The van der Waals surface area contributed by atoms with E-state index in [9.17, 15) is 4.79 Å². The minimum Gasteiger partial charge on any atom is -0.497 e. The van der Waals surface area contributed by atoms with Crippen molar-refractivity contribution < 1.29 is 14.3 Å². The second-order valence-corrected chi connectivity index (χ2v) is 6.70. The standard InChI is InChI=1S/C22H28N4O3.HI/c1-23-22(24-12-14-29-20-6-3-5-19(15-20)28-2)25-16-17-8-10-18(11-9-17)26-13-4-7-21(26)27;/h3,5-6,8-11,15H,4,7,12-14,16H2,1-2H3,(H2,23,24,25);1H. The van der Waals surface area contributed by atoms with E-state index in [1.165, 1.54) is 0 Å². The Hall–Kier alpha value is -2.49. The van der Waals surface area contributed by atoms with E-state index in [4.69, 9.17) is 9.47 Å². The van der Waals surface area contributed by atoms with Gasteiger partial charge in [-0.3, -0.25) is 9.79 Å². The van der Waals surface area contributed by atoms with Crippen molar-refractivity contribution in [2.24, 2.45) is 4.99 Å². The second-order valence-electron chi connectivity index (χ2n) is 6.70. The maximum Gasteiger partial charge on any atom is 0.227 e. The number of halogens is 1. The molecule has 1 saturated heterocycles. The number of hydrogen-bond acceptors (Lipinski definition) is 4. The Labute approximate surface area is 194 Å². The number of benzene rings is 2. The van der Waals surface area contributed by atoms with Crippen LogP contribution in [0.5, 0.6) is 11.5 Å². The number of nitrogens with one attached hydrogen (secondary N) is 2. The molecule has 1 heterocycles. The molecule has 2 aromatic rings. The third kappa shape index (κ3) is 6.79. The Morgan fingerprint density at radius 3 is 2.57 bits per heavy atom. The maximum absolute atomic E-state index is 11.8. The number of methoxy groups -OCH3 is 1. The predicted octanol–water partition coefficient (Wildman–Crippen LogP) is 3.18. The van der Waals surface area contributed by atoms with E-state index >= 15 is 0 Å². The van der Waals surface area contributed by atoms with Gasteiger partial charge >= 0.3 is 0 Å². The molecule has 1 aliphatic heterocycles. The second kappa shape index (κ2) is 12.3. The van der Waals surface area contributed by atoms with Crippen LogP contribution >= 0.6 is 24.0 Å². The van der Waals surface area contributed by atoms with E-state index in [0.29, 0.717) is 32.1 Å². The number of anilines is 1. The zero-order chi connectivity index (χ0) is 20.5. The summed E-state index contributed by atoms with van der Waals surface area (Å²) in [6.45, 7) is 2.58. The van der Waals surface area contributed by atoms with E-state index in [1.54, 1.807) is 14.2 Å². The number of carbonyl (C=O) groups is 1. The smallest absolute Gasteiger partial charge is 0.227 e. The number of nitrogens with zero attached hydrogens (tertiary/aromatic N) is 2. The lowest BCUT2D eigenvalue weighted by atomic mass is 10.2. The molecule has 8 heteroatoms. The zero-order valence-electron chi connectivity index (χ0n) is 17.4. The van der Waals surface area contributed by atoms with Crippen LogP contribution in [0.2, 0.25) is 0 Å². The lowest BCUT2D eigenvalue weighted by Crippen LogP contribution is -2.38. The van der Waals surface area contributed by atoms with Crippen molar-refractivity contribution in [3.8, 4) is 11.5 Å². The lowest BCUT2D eigenvalue weighted by molar-refractivity contribution is -0.117. The molecule has 162 valence electrons. The fraction of sp³-hybridized carbons (Fsp3) is 0.364. The summed E-state index contributed by atoms with van der Waals surface area (Å²) in [5, 5.41) is 6.51. The van der Waals surface area contributed by atoms with Crippen molar-refractivity contribution >= 4 is 41.5 Å². The van der Waals surface area contributed by atoms with Crippen LogP contribution in [0.3, 0.4) is 0 Å². The first-order valence-electron chi connectivity index (χ1n) is 9.80. The Bertz CT molecular complexity index is 843. The van der Waals surface area contributed by atoms with Crippen LogP contribution in [0.25, 0.3) is 0 Å². The summed E-state index contributed by atoms with van der Waals surface area (Å²) in [5.74, 6) is 2.45. The number of ether oxygens (including phenoxy) is 2. The minimum absolute atomic E-state index is 0. The molecule has 0 spiro atoms. The predicted molar refractivity (Wildman–Crippen MR) is 130 cm³/mol. The summed E-state index contributed by atoms with van der Waals surface area (Å²) in [6, 6.07) is 15.6. The Morgan fingerprint density at radius 2 is 1.90 bits per heavy atom. The molecule has 7 nitrogen and oxygen atoms in total. The van der Waals surface area contributed by atoms with Crippen molar-refractivity contribution in [2.75, 3.05) is 38.8 Å². The summed E-state index contributed by atoms with van der Waals surface area (Å²) in [6.07, 6.45) is 1.58. The van der Waals surface area contributed by atoms with Gasteiger partial charge in [-0.2, -0.15) is 0 Å². The van der Waals surface area contributed by atoms with Gasteiger partial charge in [0.15, 0.2) is 5.96 Å². The summed E-state index contributed by atoms with van der Waals surface area (Å²) < 4.78 is 10.9. The Morgan fingerprint density at radius 1 is 1.13 bits per heavy atom. The highest BCUT2D eigenvalue weighted by Crippen LogP contribution is 2.21. The van der Waals surface area contributed by atoms with Crippen LogP contribution in [0, 0.1) is 0 Å². The molecule has 3 rings (SSSR count). The van der Waals surface area contributed by atoms with Gasteiger partial charge in [0.2, 0.25) is 5.91 Å². The molecule has 2 aromatic carbocycles. The van der Waals surface area contributed by atoms with Gasteiger partial charge in [-0.05, 0) is 36.2 Å². The normalized spacial score (nSPS) is 13.6. The molecule has 2 N–H and O–H groups in total. The molecule has 0 aromatic heterocycles. The van der Waals surface area contributed by atoms with Crippen molar-refractivity contribution in [3.05, 3.63) is 54.1 Å². The van der Waals surface area contributed by atoms with Crippen molar-refractivity contribution in [1.82, 2.24) is 10.6 Å². The summed E-state index contributed by atoms with van der Waals surface area (Å²) in [4.78, 5) is 17.9. The third-order valence-corrected chi connectivity index (χ3v) is 4.71. The zero-order valence-corrected chi connectivity index (χ0v) is 19.7. The topological polar surface area (TPSA) is 75.2 Å². The van der Waals surface area contributed by atoms with E-state index in [-0.39, 0.29) is 29.9 Å². The van der Waals surface area contributed by atoms with E-state index in [1.807, 2.05) is 53.4 Å². The maximum atomic E-state index is 11.8. The van der Waals surface area contributed by atoms with Gasteiger partial charge in [0, 0.05) is 38.3 Å². The largest absolute Gasteiger partial charge is 0.497 e. The van der Waals surface area contributed by atoms with E-state index < -0.39 is 0 Å². The average Bonchev–Trinajstić information content (AvgIpc) is 3.19. The van der Waals surface area contributed by atoms with Gasteiger partial charge in [0.1, 0.15) is 18.1 Å². The molecule has 0 saturated carbocycles. The third-order valence-electron chi connectivity index (χ3n) is 4.71. The highest BCUT2D eigenvalue weighted by atomic mass is 127. The number of carbonyl (C=O) groups excluding carboxylic acids is 1. The number of aliphatic imine (C=N–C) groups is 1. The molecule has 0 aliphatic carbocycles. The molecule has 1 aliphatic rings. The van der Waals surface area contributed by atoms with Gasteiger partial charge in [0.25, 0.3) is 0 Å². The minimum atomic E-state index is 0. The molecular weight excluding hydrogens is 495 g/mol. The number of amides is 1. The number of hydrogen-bond donors (Lipinski definition) is 2. The monoisotopic (exact) mass is 524 g/mol. The van der Waals surface area contributed by atoms with Crippen molar-refractivity contribution in [2.45, 2.75) is 19.4 Å². The first-order chi connectivity index (χ1) is 14.2. The van der Waals surface area contributed by atoms with Crippen LogP contribution in [-0.4, -0.2) is 45.7 Å². The fourth-order valence-electron chi connectivity index (χ4n) is 3.15. The summed E-state index contributed by atoms with van der Waals surface area (Å²) >= 11 is 0. The van der Waals surface area contributed by atoms with Crippen LogP contribution in [0.4, 0.5) is 5.69 Å². The highest BCUT2D eigenvalue weighted by Gasteiger charge is 2.21. The Kier molecular flexibility index (Phi) is 9.72. The number of rotatable bonds is 8. The van der Waals surface area contributed by atoms with E-state index in [2.05, 4.69) is 15.6 Å². The van der Waals surface area contributed by atoms with Gasteiger partial charge in [-0.1, -0.05) is 18.2 Å². The van der Waals surface area contributed by atoms with Gasteiger partial charge in [-0.15, -0.1) is 24.0 Å². The fourth-order valence-corrected chi connectivity index (χ4v) is 3.15. The van der Waals surface area contributed by atoms with Crippen molar-refractivity contribution in [3.63, 3.8) is 0 Å². The van der Waals surface area contributed by atoms with Gasteiger partial charge < -0.3 is 25.0 Å². The summed E-state index contributed by atoms with van der Waals surface area (Å²) in [5.41, 5.74) is 2.09. The molecule has 0 atom stereocenters. The number of guanidine groups is 1. The molecule has 1 amide bonds. The van der Waals surface area contributed by atoms with Crippen LogP contribution in [0.15, 0.2) is 53.5 Å². The molecule has 0 bridgehead atoms. The van der Waals surface area contributed by atoms with Gasteiger partial charge in [0.05, 0.1) is 13.7 Å². The molecule has 0 unspecified atom stereocenters. The van der Waals surface area contributed by atoms with Crippen LogP contribution < -0.4 is 25.0 Å². The summed E-state index contributed by atoms with van der Waals surface area (Å²) in [7, 11) is 3.37. The molecule has 30 heavy (non-hydrogen) atoms. The first-order valence-corrected chi connectivity index (χ1v) is 9.80. The lowest BCUT2D eigenvalue weighted by Gasteiger charge is -2.16. The Balaban J connectivity index is 0.00000320. The van der Waals surface area contributed by atoms with Gasteiger partial charge in [-0.25, -0.2) is 0 Å². The average molecular weight is 524 g/mol. The van der Waals surface area contributed by atoms with Crippen LogP contribution in [0.1, 0.15) is 18.4 Å². The molecular formula is C22H29IN4O3. The van der Waals surface area contributed by atoms with E-state index in [0.717, 1.165) is 35.7 Å². The first kappa shape index (κ1) is 23.8. The SMILES string of the molecule is CN=C(NCCOc1cccc(OC)c1)NCc1ccc(N2CCCC2=O)cc1.I. The quantitative estimate of drug-likeness (QED) is 0.240. The molecule has 1 fully saturated rings. The highest BCUT2D eigenvalue weighted by molar-refractivity contribution is 14.0. The van der Waals surface area contributed by atoms with Crippen molar-refractivity contribution in [1.29, 1.82) is 0 Å².